The number of unbranched alkanes of at least 4 members (excludes halogenated alkanes) is 2. The first-order valence-corrected chi connectivity index (χ1v) is 8.07. The zero-order valence-electron chi connectivity index (χ0n) is 12.6. The van der Waals surface area contributed by atoms with Gasteiger partial charge in [-0.1, -0.05) is 11.6 Å². The molecule has 1 N–H and O–H groups in total. The third-order valence-corrected chi connectivity index (χ3v) is 4.19. The minimum absolute atomic E-state index is 0.0453. The summed E-state index contributed by atoms with van der Waals surface area (Å²) in [5.41, 5.74) is 0.0453. The number of benzene rings is 1. The molecule has 0 bridgehead atoms. The van der Waals surface area contributed by atoms with Gasteiger partial charge in [-0.15, -0.1) is 0 Å². The van der Waals surface area contributed by atoms with Crippen molar-refractivity contribution in [2.75, 3.05) is 39.3 Å². The van der Waals surface area contributed by atoms with Crippen molar-refractivity contribution < 1.29 is 14.3 Å². The lowest BCUT2D eigenvalue weighted by molar-refractivity contribution is 0.0630. The van der Waals surface area contributed by atoms with Gasteiger partial charge in [0, 0.05) is 37.8 Å². The monoisotopic (exact) mass is 328 g/mol. The van der Waals surface area contributed by atoms with Crippen LogP contribution in [0.5, 0.6) is 0 Å². The van der Waals surface area contributed by atoms with E-state index in [4.69, 9.17) is 16.7 Å². The Morgan fingerprint density at radius 2 is 1.91 bits per heavy atom. The van der Waals surface area contributed by atoms with Gasteiger partial charge in [0.25, 0.3) is 5.91 Å². The van der Waals surface area contributed by atoms with Crippen LogP contribution >= 0.6 is 11.6 Å². The van der Waals surface area contributed by atoms with Crippen molar-refractivity contribution in [1.82, 2.24) is 9.80 Å². The molecular weight excluding hydrogens is 307 g/mol. The van der Waals surface area contributed by atoms with Gasteiger partial charge in [0.15, 0.2) is 0 Å². The van der Waals surface area contributed by atoms with Crippen LogP contribution in [-0.4, -0.2) is 60.1 Å². The Kier molecular flexibility index (Phi) is 6.61. The lowest BCUT2D eigenvalue weighted by atomic mass is 10.1. The number of carbonyl (C=O) groups is 1. The fourth-order valence-corrected chi connectivity index (χ4v) is 2.80. The van der Waals surface area contributed by atoms with Crippen LogP contribution in [0, 0.1) is 5.82 Å². The van der Waals surface area contributed by atoms with Gasteiger partial charge in [0.1, 0.15) is 5.82 Å². The van der Waals surface area contributed by atoms with Gasteiger partial charge in [-0.05, 0) is 44.0 Å². The number of rotatable bonds is 6. The summed E-state index contributed by atoms with van der Waals surface area (Å²) in [6.07, 6.45) is 2.91. The molecule has 0 saturated carbocycles. The molecule has 1 saturated heterocycles. The number of hydrogen-bond acceptors (Lipinski definition) is 3. The van der Waals surface area contributed by atoms with Gasteiger partial charge < -0.3 is 10.0 Å². The highest BCUT2D eigenvalue weighted by Crippen LogP contribution is 2.17. The summed E-state index contributed by atoms with van der Waals surface area (Å²) >= 11 is 5.84. The van der Waals surface area contributed by atoms with Crippen LogP contribution in [0.1, 0.15) is 29.6 Å². The molecule has 0 aromatic heterocycles. The molecular formula is C16H22ClFN2O2. The van der Waals surface area contributed by atoms with E-state index in [1.165, 1.54) is 18.2 Å². The maximum absolute atomic E-state index is 13.8. The molecule has 1 aliphatic heterocycles. The number of halogens is 2. The first kappa shape index (κ1) is 17.2. The number of carbonyl (C=O) groups excluding carboxylic acids is 1. The second kappa shape index (κ2) is 8.46. The van der Waals surface area contributed by atoms with Crippen molar-refractivity contribution >= 4 is 17.5 Å². The van der Waals surface area contributed by atoms with Gasteiger partial charge in [-0.2, -0.15) is 0 Å². The number of aliphatic hydroxyl groups is 1. The maximum Gasteiger partial charge on any atom is 0.256 e. The van der Waals surface area contributed by atoms with Gasteiger partial charge in [0.2, 0.25) is 0 Å². The van der Waals surface area contributed by atoms with Crippen molar-refractivity contribution in [3.63, 3.8) is 0 Å². The van der Waals surface area contributed by atoms with E-state index in [1.807, 2.05) is 0 Å². The van der Waals surface area contributed by atoms with E-state index in [9.17, 15) is 9.18 Å². The van der Waals surface area contributed by atoms with Crippen LogP contribution in [-0.2, 0) is 0 Å². The van der Waals surface area contributed by atoms with Crippen molar-refractivity contribution in [2.45, 2.75) is 19.3 Å². The first-order valence-electron chi connectivity index (χ1n) is 7.69. The predicted octanol–water partition coefficient (Wildman–Crippen LogP) is 2.40. The molecule has 1 fully saturated rings. The summed E-state index contributed by atoms with van der Waals surface area (Å²) in [5, 5.41) is 9.12. The quantitative estimate of drug-likeness (QED) is 0.816. The van der Waals surface area contributed by atoms with E-state index < -0.39 is 5.82 Å². The molecule has 6 heteroatoms. The molecule has 1 heterocycles. The normalized spacial score (nSPS) is 16.0. The topological polar surface area (TPSA) is 43.8 Å². The Morgan fingerprint density at radius 3 is 2.59 bits per heavy atom. The van der Waals surface area contributed by atoms with Gasteiger partial charge >= 0.3 is 0 Å². The van der Waals surface area contributed by atoms with Crippen molar-refractivity contribution in [3.8, 4) is 0 Å². The Labute approximate surface area is 135 Å². The average Bonchev–Trinajstić information content (AvgIpc) is 2.54. The van der Waals surface area contributed by atoms with Crippen LogP contribution in [0.15, 0.2) is 18.2 Å². The zero-order chi connectivity index (χ0) is 15.9. The molecule has 4 nitrogen and oxygen atoms in total. The number of nitrogens with zero attached hydrogens (tertiary/aromatic N) is 2. The molecule has 0 aliphatic carbocycles. The third-order valence-electron chi connectivity index (χ3n) is 3.95. The van der Waals surface area contributed by atoms with Gasteiger partial charge in [-0.3, -0.25) is 9.69 Å². The zero-order valence-corrected chi connectivity index (χ0v) is 13.4. The molecule has 0 atom stereocenters. The molecule has 122 valence electrons. The van der Waals surface area contributed by atoms with Gasteiger partial charge in [0.05, 0.1) is 5.56 Å². The lowest BCUT2D eigenvalue weighted by Gasteiger charge is -2.34. The SMILES string of the molecule is O=C(c1cc(Cl)ccc1F)N1CCN(CCCCCO)CC1. The molecule has 0 radical (unpaired) electrons. The summed E-state index contributed by atoms with van der Waals surface area (Å²) in [6, 6.07) is 4.06. The van der Waals surface area contributed by atoms with Gasteiger partial charge in [-0.25, -0.2) is 4.39 Å². The van der Waals surface area contributed by atoms with Crippen LogP contribution in [0.25, 0.3) is 0 Å². The predicted molar refractivity (Wildman–Crippen MR) is 84.7 cm³/mol. The van der Waals surface area contributed by atoms with E-state index in [-0.39, 0.29) is 18.1 Å². The Hall–Kier alpha value is -1.17. The van der Waals surface area contributed by atoms with E-state index in [0.717, 1.165) is 38.9 Å². The lowest BCUT2D eigenvalue weighted by Crippen LogP contribution is -2.49. The molecule has 1 aliphatic rings. The van der Waals surface area contributed by atoms with Crippen LogP contribution < -0.4 is 0 Å². The molecule has 1 amide bonds. The Morgan fingerprint density at radius 1 is 1.18 bits per heavy atom. The molecule has 0 spiro atoms. The number of amides is 1. The van der Waals surface area contributed by atoms with E-state index >= 15 is 0 Å². The van der Waals surface area contributed by atoms with Crippen molar-refractivity contribution in [1.29, 1.82) is 0 Å². The summed E-state index contributed by atoms with van der Waals surface area (Å²) < 4.78 is 13.8. The minimum atomic E-state index is -0.527. The van der Waals surface area contributed by atoms with E-state index in [0.29, 0.717) is 18.1 Å². The van der Waals surface area contributed by atoms with E-state index in [2.05, 4.69) is 4.90 Å². The molecule has 0 unspecified atom stereocenters. The summed E-state index contributed by atoms with van der Waals surface area (Å²) in [5.74, 6) is -0.819. The highest BCUT2D eigenvalue weighted by molar-refractivity contribution is 6.31. The molecule has 1 aromatic carbocycles. The van der Waals surface area contributed by atoms with Crippen LogP contribution in [0.4, 0.5) is 4.39 Å². The van der Waals surface area contributed by atoms with Crippen molar-refractivity contribution in [2.24, 2.45) is 0 Å². The second-order valence-electron chi connectivity index (χ2n) is 5.54. The standard InChI is InChI=1S/C16H22ClFN2O2/c17-13-4-5-15(18)14(12-13)16(22)20-9-7-19(8-10-20)6-2-1-3-11-21/h4-5,12,21H,1-3,6-11H2. The fraction of sp³-hybridized carbons (Fsp3) is 0.562. The molecule has 1 aromatic rings. The second-order valence-corrected chi connectivity index (χ2v) is 5.98. The Balaban J connectivity index is 1.83. The molecule has 22 heavy (non-hydrogen) atoms. The average molecular weight is 329 g/mol. The third kappa shape index (κ3) is 4.66. The van der Waals surface area contributed by atoms with Crippen molar-refractivity contribution in [3.05, 3.63) is 34.6 Å². The number of piperazine rings is 1. The first-order chi connectivity index (χ1) is 10.6. The summed E-state index contributed by atoms with van der Waals surface area (Å²) in [4.78, 5) is 16.3. The highest BCUT2D eigenvalue weighted by atomic mass is 35.5. The smallest absolute Gasteiger partial charge is 0.256 e. The van der Waals surface area contributed by atoms with Crippen LogP contribution in [0.3, 0.4) is 0 Å². The summed E-state index contributed by atoms with van der Waals surface area (Å²) in [7, 11) is 0. The number of aliphatic hydroxyl groups excluding tert-OH is 1. The fourth-order valence-electron chi connectivity index (χ4n) is 2.63. The van der Waals surface area contributed by atoms with Crippen LogP contribution in [0.2, 0.25) is 5.02 Å². The number of hydrogen-bond donors (Lipinski definition) is 1. The largest absolute Gasteiger partial charge is 0.396 e. The highest BCUT2D eigenvalue weighted by Gasteiger charge is 2.24. The summed E-state index contributed by atoms with van der Waals surface area (Å²) in [6.45, 7) is 4.02. The van der Waals surface area contributed by atoms with E-state index in [1.54, 1.807) is 4.90 Å². The Bertz CT molecular complexity index is 505. The molecule has 2 rings (SSSR count). The maximum atomic E-state index is 13.8. The minimum Gasteiger partial charge on any atom is -0.396 e.